The molecule has 59 heavy (non-hydrogen) atoms. The van der Waals surface area contributed by atoms with Crippen molar-refractivity contribution in [1.29, 1.82) is 0 Å². The van der Waals surface area contributed by atoms with Crippen molar-refractivity contribution >= 4 is 89.3 Å². The number of H-pyrrole nitrogens is 2. The third-order valence-electron chi connectivity index (χ3n) is 9.99. The van der Waals surface area contributed by atoms with E-state index in [1.807, 2.05) is 61.2 Å². The molecule has 0 unspecified atom stereocenters. The van der Waals surface area contributed by atoms with E-state index in [0.717, 1.165) is 58.5 Å². The molecule has 4 N–H and O–H groups in total. The minimum atomic E-state index is -1.52. The number of likely N-dealkylation sites (tertiary alicyclic amines) is 2. The molecule has 3 amide bonds. The van der Waals surface area contributed by atoms with Gasteiger partial charge in [0.25, 0.3) is 0 Å². The molecule has 0 bridgehead atoms. The highest BCUT2D eigenvalue weighted by molar-refractivity contribution is 7.59. The minimum absolute atomic E-state index is 0. The Morgan fingerprint density at radius 3 is 2.14 bits per heavy atom. The van der Waals surface area contributed by atoms with E-state index in [1.54, 1.807) is 11.1 Å². The van der Waals surface area contributed by atoms with Crippen LogP contribution in [0.2, 0.25) is 0 Å². The predicted molar refractivity (Wildman–Crippen MR) is 246 cm³/mol. The number of fused-ring (bicyclic) bond motifs is 1. The first kappa shape index (κ1) is 50.8. The molecule has 0 spiro atoms. The first-order chi connectivity index (χ1) is 26.4. The molecule has 2 aliphatic heterocycles. The molecule has 15 nitrogen and oxygen atoms in total. The van der Waals surface area contributed by atoms with Gasteiger partial charge in [0.05, 0.1) is 54.8 Å². The molecule has 19 heteroatoms. The molecular formula is C40H56N8O7S4. The Morgan fingerprint density at radius 2 is 1.53 bits per heavy atom. The van der Waals surface area contributed by atoms with Crippen LogP contribution in [0.15, 0.2) is 53.7 Å². The number of imidazole rings is 2. The van der Waals surface area contributed by atoms with E-state index < -0.39 is 29.7 Å². The Morgan fingerprint density at radius 1 is 0.915 bits per heavy atom. The fourth-order valence-corrected chi connectivity index (χ4v) is 7.13. The maximum Gasteiger partial charge on any atom is 0.407 e. The summed E-state index contributed by atoms with van der Waals surface area (Å²) < 4.78 is 4.69. The number of hydrogen-bond donors (Lipinski definition) is 4. The van der Waals surface area contributed by atoms with Crippen molar-refractivity contribution < 1.29 is 34.0 Å². The lowest BCUT2D eigenvalue weighted by Gasteiger charge is -2.34. The number of hydrogen-bond acceptors (Lipinski definition) is 10. The molecular weight excluding hydrogens is 833 g/mol. The molecule has 0 saturated carbocycles. The van der Waals surface area contributed by atoms with Crippen molar-refractivity contribution in [2.45, 2.75) is 83.1 Å². The number of nitrogens with zero attached hydrogens (tertiary/aromatic N) is 5. The number of carbonyl (C=O) groups is 3. The predicted octanol–water partition coefficient (Wildman–Crippen LogP) is 5.26. The van der Waals surface area contributed by atoms with Crippen molar-refractivity contribution in [2.75, 3.05) is 27.3 Å². The number of carbonyl (C=O) groups excluding carboxylic acids is 3. The first-order valence-corrected chi connectivity index (χ1v) is 18.4. The monoisotopic (exact) mass is 888 g/mol. The van der Waals surface area contributed by atoms with Crippen molar-refractivity contribution in [1.82, 2.24) is 35.1 Å². The summed E-state index contributed by atoms with van der Waals surface area (Å²) in [7, 11) is 2.59. The molecule has 6 rings (SSSR count). The Kier molecular flexibility index (Phi) is 19.2. The van der Waals surface area contributed by atoms with E-state index in [2.05, 4.69) is 46.7 Å². The van der Waals surface area contributed by atoms with Crippen LogP contribution < -0.4 is 5.32 Å². The van der Waals surface area contributed by atoms with Crippen molar-refractivity contribution in [3.63, 3.8) is 0 Å². The van der Waals surface area contributed by atoms with Crippen LogP contribution in [0.5, 0.6) is 0 Å². The summed E-state index contributed by atoms with van der Waals surface area (Å²) in [5, 5.41) is 13.2. The molecule has 4 aromatic rings. The van der Waals surface area contributed by atoms with Gasteiger partial charge in [0, 0.05) is 24.2 Å². The third kappa shape index (κ3) is 11.9. The van der Waals surface area contributed by atoms with Gasteiger partial charge < -0.3 is 39.8 Å². The van der Waals surface area contributed by atoms with Crippen LogP contribution in [0.1, 0.15) is 88.2 Å². The number of ether oxygens (including phenoxy) is 1. The van der Waals surface area contributed by atoms with Crippen LogP contribution in [0, 0.1) is 17.8 Å². The van der Waals surface area contributed by atoms with Crippen LogP contribution in [0.4, 0.5) is 4.79 Å². The molecule has 2 aromatic heterocycles. The summed E-state index contributed by atoms with van der Waals surface area (Å²) in [6.45, 7) is 7.95. The van der Waals surface area contributed by atoms with E-state index in [0.29, 0.717) is 25.3 Å². The number of aliphatic imine (C=N–C) groups is 1. The average Bonchev–Trinajstić information content (AvgIpc) is 3.99. The number of nitrogens with one attached hydrogen (secondary N) is 3. The van der Waals surface area contributed by atoms with E-state index in [-0.39, 0.29) is 77.9 Å². The van der Waals surface area contributed by atoms with Crippen molar-refractivity contribution in [2.24, 2.45) is 10.9 Å². The Hall–Kier alpha value is -4.32. The maximum absolute atomic E-state index is 13.6. The molecule has 4 atom stereocenters. The van der Waals surface area contributed by atoms with Gasteiger partial charge in [-0.1, -0.05) is 37.8 Å². The first-order valence-electron chi connectivity index (χ1n) is 18.4. The van der Waals surface area contributed by atoms with Gasteiger partial charge in [0.2, 0.25) is 18.2 Å². The van der Waals surface area contributed by atoms with Gasteiger partial charge in [-0.15, -0.1) is 0 Å². The van der Waals surface area contributed by atoms with Gasteiger partial charge in [-0.25, -0.2) is 19.8 Å². The second-order valence-corrected chi connectivity index (χ2v) is 14.7. The molecule has 0 aliphatic carbocycles. The highest BCUT2D eigenvalue weighted by atomic mass is 32.1. The van der Waals surface area contributed by atoms with E-state index in [4.69, 9.17) is 9.87 Å². The number of aliphatic hydroxyl groups is 1. The van der Waals surface area contributed by atoms with Gasteiger partial charge in [0.1, 0.15) is 23.7 Å². The van der Waals surface area contributed by atoms with Crippen LogP contribution in [0.3, 0.4) is 0 Å². The molecule has 2 fully saturated rings. The fraction of sp³-hybridized carbons (Fsp3) is 0.450. The second kappa shape index (κ2) is 22.3. The Balaban J connectivity index is 0.00000300. The van der Waals surface area contributed by atoms with Gasteiger partial charge in [-0.2, -0.15) is 58.9 Å². The lowest BCUT2D eigenvalue weighted by atomic mass is 9.97. The van der Waals surface area contributed by atoms with Crippen LogP contribution >= 0.6 is 54.0 Å². The number of aromatic nitrogens is 4. The Labute approximate surface area is 372 Å². The summed E-state index contributed by atoms with van der Waals surface area (Å²) >= 11 is 0. The SMILES string of the molecule is COOC=N[C@H](C(=O)N1CCC[C@H]1c1ncc(-c2ccc(C#Cc3ccc4nc([C@@H]5CCCN5C(=O)[C@@H](NC(=O)OC)C(C)(C)O)[nH]c4c3)cc2)[nH]1)C(C)C.S.S.S.S. The van der Waals surface area contributed by atoms with Gasteiger partial charge >= 0.3 is 6.09 Å². The minimum Gasteiger partial charge on any atom is -0.453 e. The molecule has 2 aliphatic rings. The van der Waals surface area contributed by atoms with Gasteiger partial charge in [-0.05, 0) is 81.3 Å². The quantitative estimate of drug-likeness (QED) is 0.0513. The topological polar surface area (TPSA) is 187 Å². The lowest BCUT2D eigenvalue weighted by molar-refractivity contribution is -0.188. The fourth-order valence-electron chi connectivity index (χ4n) is 7.13. The number of amides is 3. The number of rotatable bonds is 11. The smallest absolute Gasteiger partial charge is 0.407 e. The molecule has 2 saturated heterocycles. The molecule has 2 aromatic carbocycles. The zero-order valence-corrected chi connectivity index (χ0v) is 38.0. The Bertz CT molecular complexity index is 2110. The van der Waals surface area contributed by atoms with E-state index in [1.165, 1.54) is 34.5 Å². The normalized spacial score (nSPS) is 17.2. The molecule has 322 valence electrons. The number of aromatic amines is 2. The van der Waals surface area contributed by atoms with Crippen LogP contribution in [0.25, 0.3) is 22.3 Å². The highest BCUT2D eigenvalue weighted by Gasteiger charge is 2.42. The third-order valence-corrected chi connectivity index (χ3v) is 9.99. The standard InChI is InChI=1S/C40H48N8O7.4H2S/c1-24(2)33(42-23-55-54-6)37(49)47-19-7-9-31(47)35-41-22-30(45-35)27-16-13-25(14-17-27)11-12-26-15-18-28-29(21-26)44-36(43-28)32-10-8-20-48(32)38(50)34(40(3,4)52)46-39(51)53-5;;;;/h13-18,21-24,31-34,52H,7-10,19-20H2,1-6H3,(H,41,45)(H,43,44)(H,46,51);4*1H2/t31-,32-,33-,34+;;;;/m0..../s1. The molecule has 0 radical (unpaired) electrons. The van der Waals surface area contributed by atoms with Gasteiger partial charge in [-0.3, -0.25) is 9.59 Å². The number of benzene rings is 2. The molecule has 4 heterocycles. The van der Waals surface area contributed by atoms with Crippen molar-refractivity contribution in [3.05, 3.63) is 71.4 Å². The lowest BCUT2D eigenvalue weighted by Crippen LogP contribution is -2.58. The summed E-state index contributed by atoms with van der Waals surface area (Å²) in [5.41, 5.74) is 3.43. The van der Waals surface area contributed by atoms with E-state index in [9.17, 15) is 19.5 Å². The summed E-state index contributed by atoms with van der Waals surface area (Å²) in [5.74, 6) is 7.35. The summed E-state index contributed by atoms with van der Waals surface area (Å²) in [6, 6.07) is 11.3. The number of alkyl carbamates (subject to hydrolysis) is 1. The zero-order chi connectivity index (χ0) is 39.3. The summed E-state index contributed by atoms with van der Waals surface area (Å²) in [6.07, 6.45) is 5.28. The largest absolute Gasteiger partial charge is 0.453 e. The average molecular weight is 889 g/mol. The van der Waals surface area contributed by atoms with Crippen LogP contribution in [-0.2, 0) is 24.1 Å². The zero-order valence-electron chi connectivity index (χ0n) is 34.0. The second-order valence-electron chi connectivity index (χ2n) is 14.7. The van der Waals surface area contributed by atoms with Gasteiger partial charge in [0.15, 0.2) is 0 Å². The maximum atomic E-state index is 13.6. The number of methoxy groups -OCH3 is 1. The summed E-state index contributed by atoms with van der Waals surface area (Å²) in [4.78, 5) is 72.5. The van der Waals surface area contributed by atoms with E-state index >= 15 is 0 Å². The van der Waals surface area contributed by atoms with Crippen LogP contribution in [-0.4, -0.2) is 104 Å². The highest BCUT2D eigenvalue weighted by Crippen LogP contribution is 2.34. The van der Waals surface area contributed by atoms with Crippen molar-refractivity contribution in [3.8, 4) is 23.1 Å².